The van der Waals surface area contributed by atoms with Crippen LogP contribution in [0.3, 0.4) is 0 Å². The topological polar surface area (TPSA) is 64.6 Å². The number of carbonyl (C=O) groups excluding carboxylic acids is 2. The number of nitrogens with one attached hydrogen (secondary N) is 1. The number of rotatable bonds is 2. The van der Waals surface area contributed by atoms with Gasteiger partial charge in [-0.3, -0.25) is 4.79 Å². The van der Waals surface area contributed by atoms with E-state index in [1.165, 1.54) is 19.2 Å². The minimum atomic E-state index is -0.975. The molecule has 0 spiro atoms. The summed E-state index contributed by atoms with van der Waals surface area (Å²) in [6.07, 6.45) is 0. The van der Waals surface area contributed by atoms with Crippen molar-refractivity contribution < 1.29 is 19.1 Å². The Morgan fingerprint density at radius 3 is 2.56 bits per heavy atom. The summed E-state index contributed by atoms with van der Waals surface area (Å²) in [5.74, 6) is -1.48. The third-order valence-corrected chi connectivity index (χ3v) is 2.02. The van der Waals surface area contributed by atoms with Crippen LogP contribution in [0.2, 0.25) is 5.02 Å². The molecule has 0 saturated heterocycles. The fourth-order valence-corrected chi connectivity index (χ4v) is 1.20. The second kappa shape index (κ2) is 5.37. The smallest absolute Gasteiger partial charge is 0.396 e. The molecular weight excluding hydrogens is 234 g/mol. The molecule has 1 amide bonds. The number of methoxy groups -OCH3 is 2. The van der Waals surface area contributed by atoms with E-state index in [2.05, 4.69) is 10.1 Å². The molecule has 86 valence electrons. The summed E-state index contributed by atoms with van der Waals surface area (Å²) in [5, 5.41) is 2.81. The number of hydrogen-bond donors (Lipinski definition) is 1. The Bertz CT molecular complexity index is 419. The van der Waals surface area contributed by atoms with E-state index in [9.17, 15) is 9.59 Å². The lowest BCUT2D eigenvalue weighted by Gasteiger charge is -2.09. The van der Waals surface area contributed by atoms with E-state index in [-0.39, 0.29) is 0 Å². The Hall–Kier alpha value is -1.75. The highest BCUT2D eigenvalue weighted by Gasteiger charge is 2.15. The Balaban J connectivity index is 2.89. The standard InChI is InChI=1S/C10H10ClNO4/c1-15-8-5-6(11)3-4-7(8)12-9(13)10(14)16-2/h3-5H,1-2H3,(H,12,13). The number of halogens is 1. The first-order valence-electron chi connectivity index (χ1n) is 4.31. The summed E-state index contributed by atoms with van der Waals surface area (Å²) in [5.41, 5.74) is 0.349. The van der Waals surface area contributed by atoms with Crippen LogP contribution in [0.5, 0.6) is 5.75 Å². The summed E-state index contributed by atoms with van der Waals surface area (Å²) in [4.78, 5) is 22.1. The minimum Gasteiger partial charge on any atom is -0.495 e. The lowest BCUT2D eigenvalue weighted by Crippen LogP contribution is -2.24. The highest BCUT2D eigenvalue weighted by molar-refractivity contribution is 6.37. The van der Waals surface area contributed by atoms with Crippen LogP contribution in [-0.2, 0) is 14.3 Å². The van der Waals surface area contributed by atoms with Crippen molar-refractivity contribution in [3.63, 3.8) is 0 Å². The van der Waals surface area contributed by atoms with Gasteiger partial charge in [-0.1, -0.05) is 11.6 Å². The van der Waals surface area contributed by atoms with Crippen LogP contribution < -0.4 is 10.1 Å². The number of carbonyl (C=O) groups is 2. The van der Waals surface area contributed by atoms with Gasteiger partial charge in [-0.25, -0.2) is 4.79 Å². The molecule has 0 heterocycles. The summed E-state index contributed by atoms with van der Waals surface area (Å²) < 4.78 is 9.25. The SMILES string of the molecule is COC(=O)C(=O)Nc1ccc(Cl)cc1OC. The third-order valence-electron chi connectivity index (χ3n) is 1.78. The predicted molar refractivity (Wildman–Crippen MR) is 58.6 cm³/mol. The molecule has 1 aromatic rings. The molecule has 1 aromatic carbocycles. The molecule has 0 saturated carbocycles. The largest absolute Gasteiger partial charge is 0.495 e. The van der Waals surface area contributed by atoms with Gasteiger partial charge in [-0.15, -0.1) is 0 Å². The van der Waals surface area contributed by atoms with Crippen molar-refractivity contribution in [2.24, 2.45) is 0 Å². The van der Waals surface area contributed by atoms with Crippen LogP contribution in [0.15, 0.2) is 18.2 Å². The molecule has 5 nitrogen and oxygen atoms in total. The number of ether oxygens (including phenoxy) is 2. The van der Waals surface area contributed by atoms with E-state index in [1.54, 1.807) is 6.07 Å². The molecule has 0 aromatic heterocycles. The molecule has 1 rings (SSSR count). The fraction of sp³-hybridized carbons (Fsp3) is 0.200. The van der Waals surface area contributed by atoms with Crippen molar-refractivity contribution in [2.45, 2.75) is 0 Å². The molecule has 0 aliphatic heterocycles. The molecule has 0 aliphatic rings. The van der Waals surface area contributed by atoms with E-state index < -0.39 is 11.9 Å². The lowest BCUT2D eigenvalue weighted by molar-refractivity contribution is -0.150. The second-order valence-corrected chi connectivity index (χ2v) is 3.23. The molecule has 0 atom stereocenters. The Morgan fingerprint density at radius 2 is 2.00 bits per heavy atom. The van der Waals surface area contributed by atoms with E-state index in [0.717, 1.165) is 7.11 Å². The molecule has 0 fully saturated rings. The number of hydrogen-bond acceptors (Lipinski definition) is 4. The van der Waals surface area contributed by atoms with Gasteiger partial charge in [-0.05, 0) is 12.1 Å². The molecule has 0 bridgehead atoms. The molecule has 6 heteroatoms. The first-order valence-corrected chi connectivity index (χ1v) is 4.69. The number of esters is 1. The van der Waals surface area contributed by atoms with Crippen LogP contribution in [0, 0.1) is 0 Å². The first kappa shape index (κ1) is 12.3. The zero-order chi connectivity index (χ0) is 12.1. The van der Waals surface area contributed by atoms with E-state index >= 15 is 0 Å². The van der Waals surface area contributed by atoms with Crippen molar-refractivity contribution in [1.29, 1.82) is 0 Å². The zero-order valence-electron chi connectivity index (χ0n) is 8.74. The Morgan fingerprint density at radius 1 is 1.31 bits per heavy atom. The van der Waals surface area contributed by atoms with Crippen LogP contribution in [0.4, 0.5) is 5.69 Å². The van der Waals surface area contributed by atoms with Gasteiger partial charge in [-0.2, -0.15) is 0 Å². The van der Waals surface area contributed by atoms with E-state index in [1.807, 2.05) is 0 Å². The number of benzene rings is 1. The van der Waals surface area contributed by atoms with Crippen LogP contribution in [0.1, 0.15) is 0 Å². The summed E-state index contributed by atoms with van der Waals surface area (Å²) >= 11 is 5.74. The maximum absolute atomic E-state index is 11.2. The van der Waals surface area contributed by atoms with Gasteiger partial charge >= 0.3 is 11.9 Å². The highest BCUT2D eigenvalue weighted by Crippen LogP contribution is 2.27. The molecule has 0 aliphatic carbocycles. The fourth-order valence-electron chi connectivity index (χ4n) is 1.03. The average molecular weight is 244 g/mol. The van der Waals surface area contributed by atoms with Crippen molar-refractivity contribution in [2.75, 3.05) is 19.5 Å². The molecular formula is C10H10ClNO4. The average Bonchev–Trinajstić information content (AvgIpc) is 2.30. The first-order chi connectivity index (χ1) is 7.58. The molecule has 1 N–H and O–H groups in total. The van der Waals surface area contributed by atoms with Gasteiger partial charge in [0.1, 0.15) is 5.75 Å². The molecule has 0 unspecified atom stereocenters. The zero-order valence-corrected chi connectivity index (χ0v) is 9.50. The maximum Gasteiger partial charge on any atom is 0.396 e. The summed E-state index contributed by atoms with van der Waals surface area (Å²) in [6.45, 7) is 0. The highest BCUT2D eigenvalue weighted by atomic mass is 35.5. The monoisotopic (exact) mass is 243 g/mol. The maximum atomic E-state index is 11.2. The van der Waals surface area contributed by atoms with Crippen molar-refractivity contribution in [3.8, 4) is 5.75 Å². The normalized spacial score (nSPS) is 9.44. The van der Waals surface area contributed by atoms with E-state index in [0.29, 0.717) is 16.5 Å². The van der Waals surface area contributed by atoms with Gasteiger partial charge in [0, 0.05) is 11.1 Å². The van der Waals surface area contributed by atoms with Crippen LogP contribution >= 0.6 is 11.6 Å². The second-order valence-electron chi connectivity index (χ2n) is 2.79. The van der Waals surface area contributed by atoms with Crippen LogP contribution in [-0.4, -0.2) is 26.1 Å². The van der Waals surface area contributed by atoms with Crippen molar-refractivity contribution in [3.05, 3.63) is 23.2 Å². The minimum absolute atomic E-state index is 0.349. The quantitative estimate of drug-likeness (QED) is 0.631. The van der Waals surface area contributed by atoms with Gasteiger partial charge in [0.15, 0.2) is 0 Å². The van der Waals surface area contributed by atoms with Crippen LogP contribution in [0.25, 0.3) is 0 Å². The van der Waals surface area contributed by atoms with Crippen molar-refractivity contribution in [1.82, 2.24) is 0 Å². The molecule has 16 heavy (non-hydrogen) atoms. The Labute approximate surface area is 97.3 Å². The number of amides is 1. The Kier molecular flexibility index (Phi) is 4.13. The van der Waals surface area contributed by atoms with Gasteiger partial charge < -0.3 is 14.8 Å². The van der Waals surface area contributed by atoms with Gasteiger partial charge in [0.2, 0.25) is 0 Å². The summed E-state index contributed by atoms with van der Waals surface area (Å²) in [7, 11) is 2.56. The van der Waals surface area contributed by atoms with Gasteiger partial charge in [0.05, 0.1) is 19.9 Å². The van der Waals surface area contributed by atoms with Crippen molar-refractivity contribution >= 4 is 29.2 Å². The lowest BCUT2D eigenvalue weighted by atomic mass is 10.3. The molecule has 0 radical (unpaired) electrons. The third kappa shape index (κ3) is 2.87. The van der Waals surface area contributed by atoms with E-state index in [4.69, 9.17) is 16.3 Å². The van der Waals surface area contributed by atoms with Gasteiger partial charge in [0.25, 0.3) is 0 Å². The number of anilines is 1. The predicted octanol–water partition coefficient (Wildman–Crippen LogP) is 1.46. The summed E-state index contributed by atoms with van der Waals surface area (Å²) in [6, 6.07) is 4.62.